The lowest BCUT2D eigenvalue weighted by Crippen LogP contribution is -2.66. The van der Waals surface area contributed by atoms with Gasteiger partial charge in [0, 0.05) is 24.0 Å². The van der Waals surface area contributed by atoms with Crippen molar-refractivity contribution in [2.24, 2.45) is 0 Å². The van der Waals surface area contributed by atoms with Crippen molar-refractivity contribution in [2.45, 2.75) is 55.7 Å². The molecule has 0 radical (unpaired) electrons. The van der Waals surface area contributed by atoms with E-state index < -0.39 is 101 Å². The smallest absolute Gasteiger partial charge is 0.165 e. The van der Waals surface area contributed by atoms with Gasteiger partial charge in [-0.2, -0.15) is 0 Å². The van der Waals surface area contributed by atoms with Crippen LogP contribution in [-0.4, -0.2) is 66.8 Å². The number of halogens is 6. The first-order valence-electron chi connectivity index (χ1n) is 10.1. The van der Waals surface area contributed by atoms with Crippen molar-refractivity contribution in [3.05, 3.63) is 70.3 Å². The molecule has 2 aromatic rings. The second kappa shape index (κ2) is 10.6. The molecule has 0 aliphatic rings. The van der Waals surface area contributed by atoms with Gasteiger partial charge in [0.05, 0.1) is 12.2 Å². The van der Waals surface area contributed by atoms with E-state index in [1.54, 1.807) is 0 Å². The standard InChI is InChI=1S/C22H24F6O6/c1-2-21(33,7-10-12(23)3-5-14(25)17(10)27)20(32)22(34,19(31)16(30)9-29)8-11-13(24)4-6-15(26)18(11)28/h3-6,16,19-20,29-34H,2,7-9H2,1H3/t16-,19+,20+,21?,22+/m0/s1. The summed E-state index contributed by atoms with van der Waals surface area (Å²) in [6, 6.07) is 1.88. The summed E-state index contributed by atoms with van der Waals surface area (Å²) in [5.74, 6) is -9.38. The fourth-order valence-electron chi connectivity index (χ4n) is 3.73. The first-order valence-corrected chi connectivity index (χ1v) is 10.1. The third kappa shape index (κ3) is 5.21. The van der Waals surface area contributed by atoms with Crippen molar-refractivity contribution >= 4 is 0 Å². The van der Waals surface area contributed by atoms with E-state index in [4.69, 9.17) is 5.11 Å². The highest BCUT2D eigenvalue weighted by molar-refractivity contribution is 5.27. The van der Waals surface area contributed by atoms with E-state index in [2.05, 4.69) is 0 Å². The highest BCUT2D eigenvalue weighted by Crippen LogP contribution is 2.36. The Kier molecular flexibility index (Phi) is 8.72. The predicted molar refractivity (Wildman–Crippen MR) is 105 cm³/mol. The number of rotatable bonds is 10. The van der Waals surface area contributed by atoms with E-state index >= 15 is 0 Å². The van der Waals surface area contributed by atoms with Crippen LogP contribution >= 0.6 is 0 Å². The van der Waals surface area contributed by atoms with Gasteiger partial charge in [-0.3, -0.25) is 0 Å². The molecule has 1 unspecified atom stereocenters. The summed E-state index contributed by atoms with van der Waals surface area (Å²) < 4.78 is 84.2. The number of aliphatic hydroxyl groups is 6. The molecule has 190 valence electrons. The van der Waals surface area contributed by atoms with Gasteiger partial charge in [-0.15, -0.1) is 0 Å². The molecule has 0 bridgehead atoms. The van der Waals surface area contributed by atoms with Crippen LogP contribution in [0.1, 0.15) is 24.5 Å². The van der Waals surface area contributed by atoms with E-state index in [-0.39, 0.29) is 0 Å². The van der Waals surface area contributed by atoms with Crippen molar-refractivity contribution < 1.29 is 57.0 Å². The van der Waals surface area contributed by atoms with Gasteiger partial charge in [0.25, 0.3) is 0 Å². The summed E-state index contributed by atoms with van der Waals surface area (Å²) in [6.45, 7) is -0.0705. The first-order chi connectivity index (χ1) is 15.7. The molecule has 5 atom stereocenters. The highest BCUT2D eigenvalue weighted by Gasteiger charge is 2.54. The molecule has 2 aromatic carbocycles. The van der Waals surface area contributed by atoms with E-state index in [9.17, 15) is 51.9 Å². The predicted octanol–water partition coefficient (Wildman–Crippen LogP) is 1.25. The van der Waals surface area contributed by atoms with Crippen LogP contribution in [0.25, 0.3) is 0 Å². The topological polar surface area (TPSA) is 121 Å². The summed E-state index contributed by atoms with van der Waals surface area (Å²) in [7, 11) is 0. The average Bonchev–Trinajstić information content (AvgIpc) is 2.82. The van der Waals surface area contributed by atoms with Crippen LogP contribution in [0, 0.1) is 34.9 Å². The van der Waals surface area contributed by atoms with Gasteiger partial charge >= 0.3 is 0 Å². The lowest BCUT2D eigenvalue weighted by Gasteiger charge is -2.45. The lowest BCUT2D eigenvalue weighted by atomic mass is 9.72. The summed E-state index contributed by atoms with van der Waals surface area (Å²) in [5, 5.41) is 62.5. The van der Waals surface area contributed by atoms with Gasteiger partial charge in [-0.1, -0.05) is 6.92 Å². The lowest BCUT2D eigenvalue weighted by molar-refractivity contribution is -0.229. The van der Waals surface area contributed by atoms with Crippen molar-refractivity contribution in [1.29, 1.82) is 0 Å². The average molecular weight is 498 g/mol. The van der Waals surface area contributed by atoms with Gasteiger partial charge in [0.2, 0.25) is 0 Å². The molecule has 0 aliphatic carbocycles. The monoisotopic (exact) mass is 498 g/mol. The molecular weight excluding hydrogens is 474 g/mol. The van der Waals surface area contributed by atoms with Gasteiger partial charge in [0.15, 0.2) is 23.3 Å². The summed E-state index contributed by atoms with van der Waals surface area (Å²) >= 11 is 0. The molecule has 2 rings (SSSR count). The molecule has 0 aliphatic heterocycles. The van der Waals surface area contributed by atoms with Crippen LogP contribution in [0.3, 0.4) is 0 Å². The maximum Gasteiger partial charge on any atom is 0.165 e. The molecular formula is C22H24F6O6. The zero-order chi connectivity index (χ0) is 26.0. The highest BCUT2D eigenvalue weighted by atomic mass is 19.2. The maximum absolute atomic E-state index is 14.3. The number of benzene rings is 2. The van der Waals surface area contributed by atoms with E-state index in [1.165, 1.54) is 0 Å². The van der Waals surface area contributed by atoms with Crippen LogP contribution in [0.4, 0.5) is 26.3 Å². The maximum atomic E-state index is 14.3. The molecule has 0 aromatic heterocycles. The third-order valence-electron chi connectivity index (χ3n) is 5.88. The van der Waals surface area contributed by atoms with E-state index in [0.717, 1.165) is 6.92 Å². The fourth-order valence-corrected chi connectivity index (χ4v) is 3.73. The minimum absolute atomic E-state index is 0.417. The number of hydrogen-bond acceptors (Lipinski definition) is 6. The largest absolute Gasteiger partial charge is 0.394 e. The molecule has 0 spiro atoms. The molecule has 0 saturated heterocycles. The minimum atomic E-state index is -3.32. The minimum Gasteiger partial charge on any atom is -0.394 e. The summed E-state index contributed by atoms with van der Waals surface area (Å²) in [4.78, 5) is 0. The van der Waals surface area contributed by atoms with Crippen LogP contribution in [0.15, 0.2) is 24.3 Å². The third-order valence-corrected chi connectivity index (χ3v) is 5.88. The van der Waals surface area contributed by atoms with E-state index in [1.807, 2.05) is 0 Å². The second-order valence-corrected chi connectivity index (χ2v) is 8.04. The van der Waals surface area contributed by atoms with E-state index in [0.29, 0.717) is 24.3 Å². The molecule has 0 fully saturated rings. The van der Waals surface area contributed by atoms with Gasteiger partial charge < -0.3 is 30.6 Å². The Morgan fingerprint density at radius 3 is 1.56 bits per heavy atom. The zero-order valence-electron chi connectivity index (χ0n) is 17.8. The number of hydrogen-bond donors (Lipinski definition) is 6. The quantitative estimate of drug-likeness (QED) is 0.217. The van der Waals surface area contributed by atoms with Crippen molar-refractivity contribution in [1.82, 2.24) is 0 Å². The van der Waals surface area contributed by atoms with Crippen LogP contribution in [-0.2, 0) is 12.8 Å². The Labute approximate surface area is 190 Å². The normalized spacial score (nSPS) is 18.1. The molecule has 34 heavy (non-hydrogen) atoms. The molecule has 6 nitrogen and oxygen atoms in total. The summed E-state index contributed by atoms with van der Waals surface area (Å²) in [5.41, 5.74) is -8.36. The van der Waals surface area contributed by atoms with Gasteiger partial charge in [-0.25, -0.2) is 26.3 Å². The second-order valence-electron chi connectivity index (χ2n) is 8.04. The molecule has 0 amide bonds. The molecule has 0 saturated carbocycles. The fraction of sp³-hybridized carbons (Fsp3) is 0.455. The number of aliphatic hydroxyl groups excluding tert-OH is 4. The first kappa shape index (κ1) is 28.0. The Morgan fingerprint density at radius 1 is 0.735 bits per heavy atom. The van der Waals surface area contributed by atoms with Crippen molar-refractivity contribution in [3.63, 3.8) is 0 Å². The summed E-state index contributed by atoms with van der Waals surface area (Å²) in [6.07, 6.45) is -10.9. The Morgan fingerprint density at radius 2 is 1.15 bits per heavy atom. The Balaban J connectivity index is 2.63. The van der Waals surface area contributed by atoms with Crippen LogP contribution in [0.5, 0.6) is 0 Å². The zero-order valence-corrected chi connectivity index (χ0v) is 17.8. The Hall–Kier alpha value is -2.22. The van der Waals surface area contributed by atoms with Crippen LogP contribution in [0.2, 0.25) is 0 Å². The van der Waals surface area contributed by atoms with Crippen LogP contribution < -0.4 is 0 Å². The molecule has 0 heterocycles. The molecule has 6 N–H and O–H groups in total. The van der Waals surface area contributed by atoms with Gasteiger partial charge in [0.1, 0.15) is 35.5 Å². The SMILES string of the molecule is CCC(O)(Cc1c(F)ccc(F)c1F)[C@@H](O)[C@@](O)(Cc1c(F)ccc(F)c1F)[C@H](O)[C@@H](O)CO. The Bertz CT molecular complexity index is 1020. The van der Waals surface area contributed by atoms with Crippen molar-refractivity contribution in [2.75, 3.05) is 6.61 Å². The molecule has 12 heteroatoms. The van der Waals surface area contributed by atoms with Gasteiger partial charge in [-0.05, 0) is 30.7 Å². The van der Waals surface area contributed by atoms with Crippen molar-refractivity contribution in [3.8, 4) is 0 Å².